The molecule has 3 aromatic rings. The third-order valence-electron chi connectivity index (χ3n) is 4.19. The molecular weight excluding hydrogens is 450 g/mol. The number of ether oxygens (including phenoxy) is 1. The van der Waals surface area contributed by atoms with Crippen LogP contribution in [0.5, 0.6) is 5.88 Å². The third-order valence-corrected chi connectivity index (χ3v) is 4.73. The third kappa shape index (κ3) is 5.77. The van der Waals surface area contributed by atoms with Crippen molar-refractivity contribution in [3.05, 3.63) is 47.2 Å². The van der Waals surface area contributed by atoms with Crippen LogP contribution in [0.1, 0.15) is 13.8 Å². The number of anilines is 5. The van der Waals surface area contributed by atoms with E-state index in [0.717, 1.165) is 17.2 Å². The Morgan fingerprint density at radius 1 is 0.967 bits per heavy atom. The lowest BCUT2D eigenvalue weighted by molar-refractivity contribution is 0.0569. The van der Waals surface area contributed by atoms with Crippen LogP contribution in [0.25, 0.3) is 0 Å². The van der Waals surface area contributed by atoms with E-state index >= 15 is 0 Å². The number of nitrogens with one attached hydrogen (secondary N) is 2. The van der Waals surface area contributed by atoms with Crippen molar-refractivity contribution in [3.8, 4) is 5.88 Å². The molecule has 3 rings (SSSR count). The van der Waals surface area contributed by atoms with Crippen molar-refractivity contribution in [3.63, 3.8) is 0 Å². The summed E-state index contributed by atoms with van der Waals surface area (Å²) in [6, 6.07) is 9.43. The highest BCUT2D eigenvalue weighted by Crippen LogP contribution is 2.26. The van der Waals surface area contributed by atoms with Gasteiger partial charge in [0.1, 0.15) is 11.9 Å². The quantitative estimate of drug-likeness (QED) is 0.450. The van der Waals surface area contributed by atoms with Gasteiger partial charge >= 0.3 is 0 Å². The van der Waals surface area contributed by atoms with E-state index in [2.05, 4.69) is 46.5 Å². The van der Waals surface area contributed by atoms with E-state index in [1.165, 1.54) is 0 Å². The van der Waals surface area contributed by atoms with Gasteiger partial charge in [0.2, 0.25) is 17.8 Å². The number of rotatable bonds is 8. The second-order valence-corrected chi connectivity index (χ2v) is 7.72. The zero-order chi connectivity index (χ0) is 21.7. The fraction of sp³-hybridized carbons (Fsp3) is 0.300. The van der Waals surface area contributed by atoms with Crippen molar-refractivity contribution in [2.45, 2.75) is 26.1 Å². The Kier molecular flexibility index (Phi) is 7.01. The Balaban J connectivity index is 1.68. The minimum absolute atomic E-state index is 0.358. The predicted molar refractivity (Wildman–Crippen MR) is 121 cm³/mol. The highest BCUT2D eigenvalue weighted by molar-refractivity contribution is 9.10. The van der Waals surface area contributed by atoms with Crippen LogP contribution >= 0.6 is 15.9 Å². The molecule has 0 aliphatic rings. The lowest BCUT2D eigenvalue weighted by atomic mass is 10.3. The summed E-state index contributed by atoms with van der Waals surface area (Å²) < 4.78 is 6.29. The van der Waals surface area contributed by atoms with Crippen molar-refractivity contribution in [1.29, 1.82) is 0 Å². The Morgan fingerprint density at radius 2 is 1.57 bits per heavy atom. The summed E-state index contributed by atoms with van der Waals surface area (Å²) in [6.45, 7) is 3.44. The molecule has 0 aliphatic carbocycles. The van der Waals surface area contributed by atoms with Gasteiger partial charge in [0.05, 0.1) is 16.8 Å². The van der Waals surface area contributed by atoms with Crippen LogP contribution in [0.2, 0.25) is 0 Å². The van der Waals surface area contributed by atoms with Crippen molar-refractivity contribution in [1.82, 2.24) is 19.9 Å². The summed E-state index contributed by atoms with van der Waals surface area (Å²) in [5, 5.41) is 16.0. The number of hydrogen-bond acceptors (Lipinski definition) is 9. The van der Waals surface area contributed by atoms with Gasteiger partial charge in [-0.2, -0.15) is 9.97 Å². The molecule has 0 aliphatic heterocycles. The number of aliphatic hydroxyl groups is 1. The lowest BCUT2D eigenvalue weighted by Gasteiger charge is -2.17. The van der Waals surface area contributed by atoms with Gasteiger partial charge in [-0.3, -0.25) is 0 Å². The monoisotopic (exact) mass is 473 g/mol. The number of nitrogens with zero attached hydrogens (tertiary/aromatic N) is 5. The molecule has 30 heavy (non-hydrogen) atoms. The minimum atomic E-state index is -0.620. The zero-order valence-corrected chi connectivity index (χ0v) is 18.8. The van der Waals surface area contributed by atoms with Crippen LogP contribution in [-0.2, 0) is 0 Å². The number of aliphatic hydroxyl groups excluding tert-OH is 1. The summed E-state index contributed by atoms with van der Waals surface area (Å²) in [5.74, 6) is 2.08. The van der Waals surface area contributed by atoms with Crippen LogP contribution in [-0.4, -0.2) is 51.3 Å². The Labute approximate surface area is 183 Å². The molecule has 0 spiro atoms. The number of hydrogen-bond donors (Lipinski definition) is 3. The van der Waals surface area contributed by atoms with E-state index in [9.17, 15) is 5.11 Å². The first-order valence-electron chi connectivity index (χ1n) is 9.33. The maximum Gasteiger partial charge on any atom is 0.233 e. The molecule has 10 heteroatoms. The van der Waals surface area contributed by atoms with Gasteiger partial charge in [0.15, 0.2) is 0 Å². The molecule has 0 radical (unpaired) electrons. The molecule has 3 N–H and O–H groups in total. The van der Waals surface area contributed by atoms with E-state index in [1.807, 2.05) is 49.3 Å². The first-order valence-corrected chi connectivity index (χ1v) is 10.1. The molecule has 9 nitrogen and oxygen atoms in total. The fourth-order valence-corrected chi connectivity index (χ4v) is 2.61. The van der Waals surface area contributed by atoms with Crippen LogP contribution in [0.15, 0.2) is 47.2 Å². The Bertz CT molecular complexity index is 983. The SMILES string of the molecule is C[C@@H](O)[C@@H](C)Oc1nc(Nc2ccc(Nc3nccc(N(C)C)n3)cc2)ncc1Br. The topological polar surface area (TPSA) is 108 Å². The highest BCUT2D eigenvalue weighted by Gasteiger charge is 2.14. The molecule has 0 unspecified atom stereocenters. The van der Waals surface area contributed by atoms with Crippen molar-refractivity contribution in [2.75, 3.05) is 29.6 Å². The molecule has 0 fully saturated rings. The lowest BCUT2D eigenvalue weighted by Crippen LogP contribution is -2.26. The van der Waals surface area contributed by atoms with E-state index in [-0.39, 0.29) is 0 Å². The zero-order valence-electron chi connectivity index (χ0n) is 17.2. The standard InChI is InChI=1S/C20H24BrN7O2/c1-12(29)13(2)30-18-16(21)11-23-20(27-18)25-15-7-5-14(6-8-15)24-19-22-10-9-17(26-19)28(3)4/h5-13,29H,1-4H3,(H,22,24,26)(H,23,25,27)/t12-,13-/m1/s1. The van der Waals surface area contributed by atoms with Gasteiger partial charge in [0, 0.05) is 31.7 Å². The normalized spacial score (nSPS) is 12.7. The van der Waals surface area contributed by atoms with E-state index in [0.29, 0.717) is 22.2 Å². The number of aromatic nitrogens is 4. The van der Waals surface area contributed by atoms with Gasteiger partial charge in [-0.05, 0) is 60.1 Å². The molecule has 2 aromatic heterocycles. The van der Waals surface area contributed by atoms with Gasteiger partial charge in [-0.25, -0.2) is 9.97 Å². The van der Waals surface area contributed by atoms with Crippen molar-refractivity contribution >= 4 is 45.0 Å². The first kappa shape index (κ1) is 21.7. The second-order valence-electron chi connectivity index (χ2n) is 6.87. The second kappa shape index (κ2) is 9.68. The summed E-state index contributed by atoms with van der Waals surface area (Å²) in [4.78, 5) is 19.2. The van der Waals surface area contributed by atoms with Crippen LogP contribution < -0.4 is 20.3 Å². The molecular formula is C20H24BrN7O2. The van der Waals surface area contributed by atoms with E-state index in [4.69, 9.17) is 4.74 Å². The van der Waals surface area contributed by atoms with Gasteiger partial charge < -0.3 is 25.4 Å². The molecule has 2 atom stereocenters. The first-order chi connectivity index (χ1) is 14.3. The molecule has 2 heterocycles. The summed E-state index contributed by atoms with van der Waals surface area (Å²) in [6.07, 6.45) is 2.29. The van der Waals surface area contributed by atoms with E-state index in [1.54, 1.807) is 26.2 Å². The molecule has 1 aromatic carbocycles. The van der Waals surface area contributed by atoms with Crippen molar-refractivity contribution < 1.29 is 9.84 Å². The number of benzene rings is 1. The van der Waals surface area contributed by atoms with Crippen molar-refractivity contribution in [2.24, 2.45) is 0 Å². The molecule has 0 saturated heterocycles. The summed E-state index contributed by atoms with van der Waals surface area (Å²) in [5.41, 5.74) is 1.66. The fourth-order valence-electron chi connectivity index (χ4n) is 2.32. The minimum Gasteiger partial charge on any atom is -0.471 e. The smallest absolute Gasteiger partial charge is 0.233 e. The van der Waals surface area contributed by atoms with Crippen LogP contribution in [0.4, 0.5) is 29.1 Å². The Hall–Kier alpha value is -2.98. The summed E-state index contributed by atoms with van der Waals surface area (Å²) >= 11 is 3.37. The van der Waals surface area contributed by atoms with Crippen LogP contribution in [0.3, 0.4) is 0 Å². The Morgan fingerprint density at radius 3 is 2.13 bits per heavy atom. The largest absolute Gasteiger partial charge is 0.471 e. The maximum atomic E-state index is 9.63. The average molecular weight is 474 g/mol. The molecule has 158 valence electrons. The average Bonchev–Trinajstić information content (AvgIpc) is 2.72. The van der Waals surface area contributed by atoms with Gasteiger partial charge in [-0.1, -0.05) is 0 Å². The van der Waals surface area contributed by atoms with Crippen LogP contribution in [0, 0.1) is 0 Å². The predicted octanol–water partition coefficient (Wildman–Crippen LogP) is 3.73. The maximum absolute atomic E-state index is 9.63. The summed E-state index contributed by atoms with van der Waals surface area (Å²) in [7, 11) is 3.86. The number of halogens is 1. The van der Waals surface area contributed by atoms with E-state index < -0.39 is 12.2 Å². The van der Waals surface area contributed by atoms with Gasteiger partial charge in [-0.15, -0.1) is 0 Å². The molecule has 0 amide bonds. The molecule has 0 saturated carbocycles. The van der Waals surface area contributed by atoms with Gasteiger partial charge in [0.25, 0.3) is 0 Å². The highest BCUT2D eigenvalue weighted by atomic mass is 79.9. The molecule has 0 bridgehead atoms.